The quantitative estimate of drug-likeness (QED) is 0.572. The minimum absolute atomic E-state index is 0.441. The molecule has 0 radical (unpaired) electrons. The molecule has 0 spiro atoms. The van der Waals surface area contributed by atoms with Crippen molar-refractivity contribution in [1.82, 2.24) is 0 Å². The van der Waals surface area contributed by atoms with Crippen molar-refractivity contribution < 1.29 is 17.6 Å². The first kappa shape index (κ1) is 11.3. The van der Waals surface area contributed by atoms with Gasteiger partial charge in [-0.05, 0) is 0 Å². The summed E-state index contributed by atoms with van der Waals surface area (Å²) in [6.45, 7) is 0. The monoisotopic (exact) mass is 270 g/mol. The van der Waals surface area contributed by atoms with Gasteiger partial charge in [-0.2, -0.15) is 0 Å². The van der Waals surface area contributed by atoms with Crippen LogP contribution >= 0.6 is 0 Å². The molecule has 0 heterocycles. The van der Waals surface area contributed by atoms with Crippen molar-refractivity contribution in [3.8, 4) is 0 Å². The Labute approximate surface area is 84.8 Å². The van der Waals surface area contributed by atoms with Crippen LogP contribution in [0, 0.1) is 5.82 Å². The van der Waals surface area contributed by atoms with Gasteiger partial charge in [0.2, 0.25) is 0 Å². The second kappa shape index (κ2) is 4.62. The SMILES string of the molecule is Fc1cccc(/C=C/[Se]C(F)(F)F)c1. The zero-order valence-corrected chi connectivity index (χ0v) is 8.60. The van der Waals surface area contributed by atoms with Gasteiger partial charge in [0.05, 0.1) is 0 Å². The van der Waals surface area contributed by atoms with Crippen LogP contribution in [0.1, 0.15) is 5.56 Å². The van der Waals surface area contributed by atoms with Crippen molar-refractivity contribution in [3.63, 3.8) is 0 Å². The number of alkyl halides is 3. The van der Waals surface area contributed by atoms with Crippen LogP contribution in [-0.2, 0) is 0 Å². The second-order valence-corrected chi connectivity index (χ2v) is 4.46. The molecule has 0 fully saturated rings. The Morgan fingerprint density at radius 1 is 1.21 bits per heavy atom. The van der Waals surface area contributed by atoms with Crippen LogP contribution < -0.4 is 0 Å². The zero-order chi connectivity index (χ0) is 10.6. The molecule has 1 aromatic rings. The van der Waals surface area contributed by atoms with E-state index in [1.54, 1.807) is 6.07 Å². The summed E-state index contributed by atoms with van der Waals surface area (Å²) in [4.78, 5) is 1.03. The topological polar surface area (TPSA) is 0 Å². The number of hydrogen-bond acceptors (Lipinski definition) is 0. The Kier molecular flexibility index (Phi) is 3.72. The molecular weight excluding hydrogens is 263 g/mol. The van der Waals surface area contributed by atoms with Gasteiger partial charge in [0.15, 0.2) is 0 Å². The van der Waals surface area contributed by atoms with E-state index in [1.807, 2.05) is 0 Å². The molecule has 1 rings (SSSR count). The maximum atomic E-state index is 12.6. The van der Waals surface area contributed by atoms with Crippen LogP contribution in [0.15, 0.2) is 29.2 Å². The van der Waals surface area contributed by atoms with Gasteiger partial charge in [-0.3, -0.25) is 0 Å². The molecule has 0 nitrogen and oxygen atoms in total. The van der Waals surface area contributed by atoms with Crippen molar-refractivity contribution >= 4 is 21.0 Å². The molecule has 14 heavy (non-hydrogen) atoms. The molecule has 0 aliphatic rings. The standard InChI is InChI=1S/C9H6F4Se/c10-8-3-1-2-7(6-8)4-5-14-9(11,12)13/h1-6H/b5-4+. The number of hydrogen-bond donors (Lipinski definition) is 0. The zero-order valence-electron chi connectivity index (χ0n) is 6.88. The summed E-state index contributed by atoms with van der Waals surface area (Å²) in [6, 6.07) is 5.43. The van der Waals surface area contributed by atoms with Crippen LogP contribution in [0.3, 0.4) is 0 Å². The fraction of sp³-hybridized carbons (Fsp3) is 0.111. The van der Waals surface area contributed by atoms with E-state index in [4.69, 9.17) is 0 Å². The summed E-state index contributed by atoms with van der Waals surface area (Å²) in [5.41, 5.74) is 0.441. The molecule has 0 unspecified atom stereocenters. The van der Waals surface area contributed by atoms with Crippen LogP contribution in [-0.4, -0.2) is 20.0 Å². The maximum absolute atomic E-state index is 12.6. The van der Waals surface area contributed by atoms with E-state index < -0.39 is 25.8 Å². The molecule has 0 atom stereocenters. The Balaban J connectivity index is 2.61. The average molecular weight is 269 g/mol. The molecule has 0 aliphatic carbocycles. The molecule has 0 bridgehead atoms. The van der Waals surface area contributed by atoms with Gasteiger partial charge in [0, 0.05) is 0 Å². The Bertz CT molecular complexity index is 330. The molecule has 0 saturated heterocycles. The van der Waals surface area contributed by atoms with Crippen LogP contribution in [0.25, 0.3) is 6.08 Å². The third-order valence-electron chi connectivity index (χ3n) is 1.31. The van der Waals surface area contributed by atoms with Gasteiger partial charge >= 0.3 is 84.3 Å². The molecule has 0 aromatic heterocycles. The van der Waals surface area contributed by atoms with E-state index >= 15 is 0 Å². The Hall–Kier alpha value is -0.801. The number of halogens is 4. The minimum atomic E-state index is -4.14. The van der Waals surface area contributed by atoms with Gasteiger partial charge in [-0.1, -0.05) is 0 Å². The predicted octanol–water partition coefficient (Wildman–Crippen LogP) is 3.02. The normalized spacial score (nSPS) is 12.3. The third-order valence-corrected chi connectivity index (χ3v) is 2.44. The van der Waals surface area contributed by atoms with E-state index in [2.05, 4.69) is 0 Å². The molecule has 0 saturated carbocycles. The molecular formula is C9H6F4Se. The Morgan fingerprint density at radius 2 is 1.93 bits per heavy atom. The first-order valence-corrected chi connectivity index (χ1v) is 5.48. The first-order chi connectivity index (χ1) is 6.47. The Morgan fingerprint density at radius 3 is 2.50 bits per heavy atom. The van der Waals surface area contributed by atoms with Gasteiger partial charge in [-0.25, -0.2) is 0 Å². The van der Waals surface area contributed by atoms with E-state index in [0.29, 0.717) is 5.56 Å². The molecule has 5 heteroatoms. The van der Waals surface area contributed by atoms with Gasteiger partial charge in [0.1, 0.15) is 0 Å². The summed E-state index contributed by atoms with van der Waals surface area (Å²) < 4.78 is 47.8. The number of rotatable bonds is 2. The van der Waals surface area contributed by atoms with Crippen LogP contribution in [0.5, 0.6) is 0 Å². The van der Waals surface area contributed by atoms with E-state index in [-0.39, 0.29) is 0 Å². The van der Waals surface area contributed by atoms with Crippen molar-refractivity contribution in [3.05, 3.63) is 40.6 Å². The van der Waals surface area contributed by atoms with Crippen molar-refractivity contribution in [2.45, 2.75) is 5.07 Å². The third kappa shape index (κ3) is 4.44. The molecule has 0 amide bonds. The fourth-order valence-corrected chi connectivity index (χ4v) is 1.60. The second-order valence-electron chi connectivity index (χ2n) is 2.42. The van der Waals surface area contributed by atoms with Gasteiger partial charge in [-0.15, -0.1) is 0 Å². The van der Waals surface area contributed by atoms with Gasteiger partial charge < -0.3 is 0 Å². The van der Waals surface area contributed by atoms with E-state index in [0.717, 1.165) is 4.97 Å². The van der Waals surface area contributed by atoms with Crippen molar-refractivity contribution in [2.24, 2.45) is 0 Å². The summed E-state index contributed by atoms with van der Waals surface area (Å²) in [7, 11) is 0. The number of benzene rings is 1. The van der Waals surface area contributed by atoms with Gasteiger partial charge in [0.25, 0.3) is 0 Å². The summed E-state index contributed by atoms with van der Waals surface area (Å²) in [5, 5.41) is -4.14. The fourth-order valence-electron chi connectivity index (χ4n) is 0.800. The molecule has 0 aliphatic heterocycles. The van der Waals surface area contributed by atoms with Crippen molar-refractivity contribution in [1.29, 1.82) is 0 Å². The predicted molar refractivity (Wildman–Crippen MR) is 47.2 cm³/mol. The molecule has 1 aromatic carbocycles. The van der Waals surface area contributed by atoms with E-state index in [1.165, 1.54) is 24.3 Å². The average Bonchev–Trinajstić information content (AvgIpc) is 2.01. The summed E-state index contributed by atoms with van der Waals surface area (Å²) in [5.74, 6) is -0.452. The first-order valence-electron chi connectivity index (χ1n) is 3.64. The molecule has 0 N–H and O–H groups in total. The van der Waals surface area contributed by atoms with Crippen LogP contribution in [0.4, 0.5) is 17.6 Å². The van der Waals surface area contributed by atoms with E-state index in [9.17, 15) is 17.6 Å². The summed E-state index contributed by atoms with van der Waals surface area (Å²) in [6.07, 6.45) is 1.27. The molecule has 76 valence electrons. The van der Waals surface area contributed by atoms with Crippen molar-refractivity contribution in [2.75, 3.05) is 0 Å². The van der Waals surface area contributed by atoms with Crippen LogP contribution in [0.2, 0.25) is 0 Å². The summed E-state index contributed by atoms with van der Waals surface area (Å²) >= 11 is -1.54.